The Morgan fingerprint density at radius 1 is 0.571 bits per heavy atom. The summed E-state index contributed by atoms with van der Waals surface area (Å²) in [6.45, 7) is 2.22. The van der Waals surface area contributed by atoms with E-state index in [1.54, 1.807) is 0 Å². The van der Waals surface area contributed by atoms with E-state index in [4.69, 9.17) is 0 Å². The van der Waals surface area contributed by atoms with Gasteiger partial charge in [-0.15, -0.1) is 0 Å². The van der Waals surface area contributed by atoms with Crippen molar-refractivity contribution in [3.8, 4) is 0 Å². The molecule has 7 atom stereocenters. The van der Waals surface area contributed by atoms with Gasteiger partial charge in [0, 0.05) is 12.8 Å². The molecule has 0 heterocycles. The summed E-state index contributed by atoms with van der Waals surface area (Å²) in [5, 5.41) is 0. The van der Waals surface area contributed by atoms with Gasteiger partial charge < -0.3 is 4.74 Å². The van der Waals surface area contributed by atoms with E-state index in [0.717, 1.165) is 32.1 Å². The van der Waals surface area contributed by atoms with Crippen molar-refractivity contribution in [1.29, 1.82) is 0 Å². The molecule has 0 amide bonds. The predicted molar refractivity (Wildman–Crippen MR) is 117 cm³/mol. The molecular formula is C26H38F8O. The zero-order chi connectivity index (χ0) is 25.5. The highest BCUT2D eigenvalue weighted by molar-refractivity contribution is 4.97. The minimum atomic E-state index is -4.30. The van der Waals surface area contributed by atoms with Crippen molar-refractivity contribution >= 4 is 0 Å². The van der Waals surface area contributed by atoms with Crippen LogP contribution >= 0.6 is 0 Å². The Hall–Kier alpha value is -0.600. The molecule has 1 nitrogen and oxygen atoms in total. The van der Waals surface area contributed by atoms with Gasteiger partial charge >= 0.3 is 6.11 Å². The summed E-state index contributed by atoms with van der Waals surface area (Å²) >= 11 is 0. The predicted octanol–water partition coefficient (Wildman–Crippen LogP) is 8.06. The van der Waals surface area contributed by atoms with Crippen molar-refractivity contribution in [1.82, 2.24) is 0 Å². The second kappa shape index (κ2) is 11.0. The van der Waals surface area contributed by atoms with E-state index >= 15 is 4.39 Å². The van der Waals surface area contributed by atoms with E-state index in [0.29, 0.717) is 24.7 Å². The standard InChI is InChI=1S/C26H38F8O/c1-13-2-4-14(5-3-13)15-6-7-18(19(27)8-15)16-9-20(28)24(21(29)10-16)26(33,34)35-17-11-22(30)25(32)23(31)12-17/h13-25H,2-12H2,1H3. The first-order valence-electron chi connectivity index (χ1n) is 13.4. The van der Waals surface area contributed by atoms with Crippen LogP contribution in [0.1, 0.15) is 77.6 Å². The quantitative estimate of drug-likeness (QED) is 0.335. The maximum Gasteiger partial charge on any atom is 0.364 e. The average molecular weight is 519 g/mol. The normalized spacial score (nSPS) is 50.1. The second-order valence-corrected chi connectivity index (χ2v) is 11.8. The third-order valence-electron chi connectivity index (χ3n) is 9.41. The van der Waals surface area contributed by atoms with E-state index in [-0.39, 0.29) is 5.92 Å². The molecule has 9 heteroatoms. The summed E-state index contributed by atoms with van der Waals surface area (Å²) in [5.74, 6) is -2.22. The number of halogens is 8. The Morgan fingerprint density at radius 3 is 1.63 bits per heavy atom. The molecular weight excluding hydrogens is 480 g/mol. The second-order valence-electron chi connectivity index (χ2n) is 11.8. The Kier molecular flexibility index (Phi) is 8.64. The minimum absolute atomic E-state index is 0.267. The van der Waals surface area contributed by atoms with Gasteiger partial charge in [-0.2, -0.15) is 8.78 Å². The summed E-state index contributed by atoms with van der Waals surface area (Å²) in [6.07, 6.45) is -15.1. The van der Waals surface area contributed by atoms with Gasteiger partial charge in [0.1, 0.15) is 36.8 Å². The number of hydrogen-bond donors (Lipinski definition) is 0. The van der Waals surface area contributed by atoms with Gasteiger partial charge in [0.2, 0.25) is 0 Å². The fourth-order valence-electron chi connectivity index (χ4n) is 7.33. The van der Waals surface area contributed by atoms with E-state index in [2.05, 4.69) is 11.7 Å². The van der Waals surface area contributed by atoms with Crippen LogP contribution in [0, 0.1) is 35.5 Å². The summed E-state index contributed by atoms with van der Waals surface area (Å²) in [6, 6.07) is 0. The van der Waals surface area contributed by atoms with Crippen molar-refractivity contribution in [3.63, 3.8) is 0 Å². The topological polar surface area (TPSA) is 9.23 Å². The van der Waals surface area contributed by atoms with Gasteiger partial charge in [0.05, 0.1) is 6.10 Å². The summed E-state index contributed by atoms with van der Waals surface area (Å²) in [5.41, 5.74) is 0. The van der Waals surface area contributed by atoms with Crippen molar-refractivity contribution in [3.05, 3.63) is 0 Å². The van der Waals surface area contributed by atoms with Crippen molar-refractivity contribution < 1.29 is 39.9 Å². The van der Waals surface area contributed by atoms with Crippen molar-refractivity contribution in [2.24, 2.45) is 35.5 Å². The van der Waals surface area contributed by atoms with Gasteiger partial charge in [-0.25, -0.2) is 26.3 Å². The van der Waals surface area contributed by atoms with E-state index in [1.165, 1.54) is 0 Å². The zero-order valence-electron chi connectivity index (χ0n) is 20.2. The molecule has 0 aliphatic heterocycles. The van der Waals surface area contributed by atoms with E-state index < -0.39 is 92.7 Å². The molecule has 0 saturated heterocycles. The SMILES string of the molecule is CC1CCC(C2CCC(C3CC(F)C(C(F)(F)OC4CC(F)C(F)C(F)C4)C(F)C3)C(F)C2)CC1. The smallest absolute Gasteiger partial charge is 0.317 e. The van der Waals surface area contributed by atoms with Crippen LogP contribution in [-0.4, -0.2) is 49.2 Å². The van der Waals surface area contributed by atoms with Crippen LogP contribution in [0.5, 0.6) is 0 Å². The molecule has 0 bridgehead atoms. The lowest BCUT2D eigenvalue weighted by Crippen LogP contribution is -2.52. The van der Waals surface area contributed by atoms with Crippen LogP contribution in [0.2, 0.25) is 0 Å². The lowest BCUT2D eigenvalue weighted by Gasteiger charge is -2.45. The average Bonchev–Trinajstić information content (AvgIpc) is 2.76. The third-order valence-corrected chi connectivity index (χ3v) is 9.41. The molecule has 0 N–H and O–H groups in total. The minimum Gasteiger partial charge on any atom is -0.317 e. The van der Waals surface area contributed by atoms with Crippen LogP contribution in [0.15, 0.2) is 0 Å². The van der Waals surface area contributed by atoms with Crippen molar-refractivity contribution in [2.45, 2.75) is 127 Å². The molecule has 0 aromatic carbocycles. The molecule has 4 fully saturated rings. The molecule has 35 heavy (non-hydrogen) atoms. The Balaban J connectivity index is 1.32. The Labute approximate surface area is 202 Å². The molecule has 4 rings (SSSR count). The van der Waals surface area contributed by atoms with Crippen LogP contribution in [-0.2, 0) is 4.74 Å². The van der Waals surface area contributed by atoms with Gasteiger partial charge in [0.15, 0.2) is 6.17 Å². The van der Waals surface area contributed by atoms with E-state index in [9.17, 15) is 30.7 Å². The fourth-order valence-corrected chi connectivity index (χ4v) is 7.33. The first kappa shape index (κ1) is 27.4. The summed E-state index contributed by atoms with van der Waals surface area (Å²) < 4.78 is 120. The van der Waals surface area contributed by atoms with Gasteiger partial charge in [-0.3, -0.25) is 0 Å². The van der Waals surface area contributed by atoms with Crippen LogP contribution in [0.3, 0.4) is 0 Å². The molecule has 4 saturated carbocycles. The zero-order valence-corrected chi connectivity index (χ0v) is 20.2. The van der Waals surface area contributed by atoms with Crippen LogP contribution in [0.4, 0.5) is 35.1 Å². The summed E-state index contributed by atoms with van der Waals surface area (Å²) in [7, 11) is 0. The monoisotopic (exact) mass is 518 g/mol. The number of hydrogen-bond acceptors (Lipinski definition) is 1. The van der Waals surface area contributed by atoms with E-state index in [1.807, 2.05) is 0 Å². The molecule has 0 aromatic heterocycles. The highest BCUT2D eigenvalue weighted by atomic mass is 19.3. The number of rotatable bonds is 5. The van der Waals surface area contributed by atoms with Crippen LogP contribution in [0.25, 0.3) is 0 Å². The Morgan fingerprint density at radius 2 is 1.09 bits per heavy atom. The van der Waals surface area contributed by atoms with Crippen molar-refractivity contribution in [2.75, 3.05) is 0 Å². The highest BCUT2D eigenvalue weighted by Crippen LogP contribution is 2.50. The first-order chi connectivity index (χ1) is 16.5. The van der Waals surface area contributed by atoms with Crippen LogP contribution < -0.4 is 0 Å². The lowest BCUT2D eigenvalue weighted by atomic mass is 9.64. The largest absolute Gasteiger partial charge is 0.364 e. The number of ether oxygens (including phenoxy) is 1. The molecule has 0 aromatic rings. The first-order valence-corrected chi connectivity index (χ1v) is 13.4. The third kappa shape index (κ3) is 6.11. The molecule has 204 valence electrons. The van der Waals surface area contributed by atoms with Gasteiger partial charge in [-0.1, -0.05) is 19.8 Å². The maximum atomic E-state index is 15.2. The molecule has 0 radical (unpaired) electrons. The maximum absolute atomic E-state index is 15.2. The van der Waals surface area contributed by atoms with Gasteiger partial charge in [0.25, 0.3) is 0 Å². The number of alkyl halides is 8. The molecule has 4 aliphatic carbocycles. The molecule has 0 spiro atoms. The lowest BCUT2D eigenvalue weighted by molar-refractivity contribution is -0.323. The molecule has 7 unspecified atom stereocenters. The molecule has 4 aliphatic rings. The fraction of sp³-hybridized carbons (Fsp3) is 1.00. The highest BCUT2D eigenvalue weighted by Gasteiger charge is 2.57. The Bertz CT molecular complexity index is 662. The summed E-state index contributed by atoms with van der Waals surface area (Å²) in [4.78, 5) is 0. The van der Waals surface area contributed by atoms with Gasteiger partial charge in [-0.05, 0) is 74.5 Å².